The topological polar surface area (TPSA) is 92.0 Å². The molecule has 0 unspecified atom stereocenters. The minimum Gasteiger partial charge on any atom is -0.423 e. The number of aromatic nitrogens is 4. The molecule has 0 bridgehead atoms. The molecule has 174 valence electrons. The number of nitrogens with zero attached hydrogens (tertiary/aromatic N) is 4. The van der Waals surface area contributed by atoms with Gasteiger partial charge in [0.25, 0.3) is 0 Å². The van der Waals surface area contributed by atoms with Gasteiger partial charge in [0.05, 0.1) is 4.47 Å². The Balaban J connectivity index is 0.000000168. The summed E-state index contributed by atoms with van der Waals surface area (Å²) in [5.74, 6) is 0.760. The van der Waals surface area contributed by atoms with Crippen LogP contribution in [0.25, 0.3) is 22.5 Å². The van der Waals surface area contributed by atoms with Gasteiger partial charge < -0.3 is 10.0 Å². The Kier molecular flexibility index (Phi) is 10.5. The second kappa shape index (κ2) is 14.1. The molecule has 0 saturated heterocycles. The molecule has 5 aromatic rings. The predicted octanol–water partition coefficient (Wildman–Crippen LogP) is 5.07. The monoisotopic (exact) mass is 546 g/mol. The summed E-state index contributed by atoms with van der Waals surface area (Å²) in [6, 6.07) is 28.8. The van der Waals surface area contributed by atoms with E-state index in [2.05, 4.69) is 48.0 Å². The number of benzene rings is 3. The van der Waals surface area contributed by atoms with Gasteiger partial charge >= 0.3 is 7.12 Å². The first-order valence-electron chi connectivity index (χ1n) is 10.5. The van der Waals surface area contributed by atoms with Crippen LogP contribution in [0.3, 0.4) is 0 Å². The zero-order chi connectivity index (χ0) is 24.9. The highest BCUT2D eigenvalue weighted by Crippen LogP contribution is 2.19. The third-order valence-corrected chi connectivity index (χ3v) is 5.08. The van der Waals surface area contributed by atoms with E-state index in [1.54, 1.807) is 36.7 Å². The molecule has 2 heterocycles. The quantitative estimate of drug-likeness (QED) is 0.242. The highest BCUT2D eigenvalue weighted by atomic mass is 79.9. The van der Waals surface area contributed by atoms with Crippen molar-refractivity contribution in [3.8, 4) is 22.5 Å². The zero-order valence-electron chi connectivity index (χ0n) is 18.5. The second-order valence-electron chi connectivity index (χ2n) is 6.98. The van der Waals surface area contributed by atoms with Gasteiger partial charge in [-0.2, -0.15) is 0 Å². The summed E-state index contributed by atoms with van der Waals surface area (Å²) < 4.78 is 0.835. The summed E-state index contributed by atoms with van der Waals surface area (Å²) >= 11 is 8.53. The molecule has 0 amide bonds. The van der Waals surface area contributed by atoms with Crippen molar-refractivity contribution in [2.45, 2.75) is 0 Å². The van der Waals surface area contributed by atoms with Crippen molar-refractivity contribution < 1.29 is 10.0 Å². The molecule has 35 heavy (non-hydrogen) atoms. The fourth-order valence-electron chi connectivity index (χ4n) is 2.77. The molecule has 0 fully saturated rings. The van der Waals surface area contributed by atoms with Crippen LogP contribution < -0.4 is 5.46 Å². The van der Waals surface area contributed by atoms with Gasteiger partial charge in [-0.25, -0.2) is 19.9 Å². The predicted molar refractivity (Wildman–Crippen MR) is 144 cm³/mol. The normalized spacial score (nSPS) is 9.71. The maximum absolute atomic E-state index is 8.58. The molecule has 0 saturated carbocycles. The first-order valence-corrected chi connectivity index (χ1v) is 11.7. The van der Waals surface area contributed by atoms with Crippen LogP contribution >= 0.6 is 27.5 Å². The first-order chi connectivity index (χ1) is 17.0. The fraction of sp³-hybridized carbons (Fsp3) is 0. The molecule has 0 aliphatic rings. The lowest BCUT2D eigenvalue weighted by molar-refractivity contribution is 0.426. The summed E-state index contributed by atoms with van der Waals surface area (Å²) in [6.07, 6.45) is 6.92. The summed E-state index contributed by atoms with van der Waals surface area (Å²) in [6.45, 7) is 0. The lowest BCUT2D eigenvalue weighted by Gasteiger charge is -2.02. The number of hydrogen-bond donors (Lipinski definition) is 2. The Bertz CT molecular complexity index is 1190. The van der Waals surface area contributed by atoms with Gasteiger partial charge in [-0.3, -0.25) is 0 Å². The summed E-state index contributed by atoms with van der Waals surface area (Å²) in [7, 11) is -1.34. The van der Waals surface area contributed by atoms with Crippen LogP contribution in [-0.2, 0) is 0 Å². The molecule has 0 aliphatic heterocycles. The van der Waals surface area contributed by atoms with Crippen LogP contribution in [0.2, 0.25) is 5.28 Å². The lowest BCUT2D eigenvalue weighted by atomic mass is 9.81. The van der Waals surface area contributed by atoms with Crippen LogP contribution in [0.4, 0.5) is 0 Å². The van der Waals surface area contributed by atoms with Crippen molar-refractivity contribution in [3.05, 3.63) is 126 Å². The van der Waals surface area contributed by atoms with Gasteiger partial charge in [0, 0.05) is 35.9 Å². The van der Waals surface area contributed by atoms with E-state index in [-0.39, 0.29) is 5.28 Å². The van der Waals surface area contributed by atoms with Crippen molar-refractivity contribution in [2.24, 2.45) is 0 Å². The summed E-state index contributed by atoms with van der Waals surface area (Å²) in [4.78, 5) is 16.2. The summed E-state index contributed by atoms with van der Waals surface area (Å²) in [5.41, 5.74) is 3.74. The Morgan fingerprint density at radius 1 is 0.571 bits per heavy atom. The molecule has 0 aliphatic carbocycles. The third kappa shape index (κ3) is 9.03. The van der Waals surface area contributed by atoms with Gasteiger partial charge in [0.15, 0.2) is 5.82 Å². The van der Waals surface area contributed by atoms with Crippen molar-refractivity contribution in [1.82, 2.24) is 19.9 Å². The minimum atomic E-state index is -1.34. The largest absolute Gasteiger partial charge is 0.488 e. The van der Waals surface area contributed by atoms with E-state index < -0.39 is 7.12 Å². The Hall–Kier alpha value is -3.43. The van der Waals surface area contributed by atoms with Crippen LogP contribution in [0.5, 0.6) is 0 Å². The zero-order valence-corrected chi connectivity index (χ0v) is 20.8. The molecule has 3 aromatic carbocycles. The molecule has 2 aromatic heterocycles. The molecule has 2 N–H and O–H groups in total. The van der Waals surface area contributed by atoms with Crippen molar-refractivity contribution in [2.75, 3.05) is 0 Å². The van der Waals surface area contributed by atoms with Crippen molar-refractivity contribution >= 4 is 40.1 Å². The van der Waals surface area contributed by atoms with E-state index in [1.807, 2.05) is 67.0 Å². The van der Waals surface area contributed by atoms with E-state index in [4.69, 9.17) is 21.6 Å². The standard InChI is InChI=1S/C16H12N2.C6H7BO2.C4H2BrClN2/c1-3-7-13(8-4-1)15-11-17-16(18-12-15)14-9-5-2-6-10-14;8-7(9)6-4-2-1-3-5-6;5-3-1-7-4(6)8-2-3/h1-12H;1-5,8-9H;1-2H. The smallest absolute Gasteiger partial charge is 0.423 e. The van der Waals surface area contributed by atoms with E-state index >= 15 is 0 Å². The molecule has 6 nitrogen and oxygen atoms in total. The molecule has 0 radical (unpaired) electrons. The Labute approximate surface area is 217 Å². The molecule has 0 spiro atoms. The highest BCUT2D eigenvalue weighted by molar-refractivity contribution is 9.10. The maximum atomic E-state index is 8.58. The lowest BCUT2D eigenvalue weighted by Crippen LogP contribution is -2.29. The van der Waals surface area contributed by atoms with Crippen molar-refractivity contribution in [3.63, 3.8) is 0 Å². The Morgan fingerprint density at radius 2 is 1.03 bits per heavy atom. The van der Waals surface area contributed by atoms with Gasteiger partial charge in [-0.05, 0) is 38.6 Å². The van der Waals surface area contributed by atoms with Crippen LogP contribution in [0.15, 0.2) is 120 Å². The molecular formula is C26H21BBrClN4O2. The van der Waals surface area contributed by atoms with Gasteiger partial charge in [-0.15, -0.1) is 0 Å². The van der Waals surface area contributed by atoms with Crippen molar-refractivity contribution in [1.29, 1.82) is 0 Å². The molecule has 5 rings (SSSR count). The third-order valence-electron chi connectivity index (χ3n) is 4.48. The molecule has 0 atom stereocenters. The molecular weight excluding hydrogens is 526 g/mol. The number of rotatable bonds is 3. The highest BCUT2D eigenvalue weighted by Gasteiger charge is 2.07. The minimum absolute atomic E-state index is 0.271. The number of halogens is 2. The average molecular weight is 548 g/mol. The second-order valence-corrected chi connectivity index (χ2v) is 8.24. The SMILES string of the molecule is Clc1ncc(Br)cn1.OB(O)c1ccccc1.c1ccc(-c2cnc(-c3ccccc3)nc2)cc1. The van der Waals surface area contributed by atoms with E-state index in [0.717, 1.165) is 27.0 Å². The molecule has 9 heteroatoms. The average Bonchev–Trinajstić information content (AvgIpc) is 2.93. The number of hydrogen-bond acceptors (Lipinski definition) is 6. The fourth-order valence-corrected chi connectivity index (χ4v) is 3.07. The van der Waals surface area contributed by atoms with Crippen LogP contribution in [0.1, 0.15) is 0 Å². The van der Waals surface area contributed by atoms with E-state index in [0.29, 0.717) is 5.46 Å². The maximum Gasteiger partial charge on any atom is 0.488 e. The van der Waals surface area contributed by atoms with Gasteiger partial charge in [0.2, 0.25) is 5.28 Å². The van der Waals surface area contributed by atoms with Crippen LogP contribution in [0, 0.1) is 0 Å². The summed E-state index contributed by atoms with van der Waals surface area (Å²) in [5, 5.41) is 17.4. The Morgan fingerprint density at radius 3 is 1.46 bits per heavy atom. The van der Waals surface area contributed by atoms with E-state index in [9.17, 15) is 0 Å². The van der Waals surface area contributed by atoms with Crippen LogP contribution in [-0.4, -0.2) is 37.1 Å². The first kappa shape index (κ1) is 26.2. The van der Waals surface area contributed by atoms with Gasteiger partial charge in [0.1, 0.15) is 0 Å². The van der Waals surface area contributed by atoms with E-state index in [1.165, 1.54) is 0 Å². The van der Waals surface area contributed by atoms with Gasteiger partial charge in [-0.1, -0.05) is 91.0 Å².